The predicted molar refractivity (Wildman–Crippen MR) is 242 cm³/mol. The minimum absolute atomic E-state index is 0.622. The Hall–Kier alpha value is -6.06. The van der Waals surface area contributed by atoms with Gasteiger partial charge in [-0.25, -0.2) is 0 Å². The largest absolute Gasteiger partial charge is 0.496 e. The molecular weight excluding hydrogens is 683 g/mol. The molecule has 0 fully saturated rings. The normalized spacial score (nSPS) is 12.2. The molecule has 3 nitrogen and oxygen atoms in total. The van der Waals surface area contributed by atoms with Gasteiger partial charge >= 0.3 is 0 Å². The van der Waals surface area contributed by atoms with Crippen molar-refractivity contribution in [3.63, 3.8) is 0 Å². The Kier molecular flexibility index (Phi) is 14.6. The summed E-state index contributed by atoms with van der Waals surface area (Å²) >= 11 is 0. The second-order valence-electron chi connectivity index (χ2n) is 14.9. The van der Waals surface area contributed by atoms with Crippen molar-refractivity contribution in [3.05, 3.63) is 185 Å². The van der Waals surface area contributed by atoms with E-state index in [4.69, 9.17) is 9.47 Å². The highest BCUT2D eigenvalue weighted by Gasteiger charge is 2.13. The summed E-state index contributed by atoms with van der Waals surface area (Å²) in [4.78, 5) is 2.29. The van der Waals surface area contributed by atoms with Gasteiger partial charge in [0, 0.05) is 28.2 Å². The maximum atomic E-state index is 6.53. The van der Waals surface area contributed by atoms with Gasteiger partial charge in [-0.3, -0.25) is 0 Å². The third kappa shape index (κ3) is 11.7. The van der Waals surface area contributed by atoms with Gasteiger partial charge in [-0.2, -0.15) is 0 Å². The Morgan fingerprint density at radius 2 is 0.893 bits per heavy atom. The molecule has 56 heavy (non-hydrogen) atoms. The van der Waals surface area contributed by atoms with Crippen LogP contribution in [0.5, 0.6) is 11.5 Å². The molecule has 6 aromatic carbocycles. The zero-order chi connectivity index (χ0) is 39.0. The van der Waals surface area contributed by atoms with E-state index in [2.05, 4.69) is 202 Å². The summed E-state index contributed by atoms with van der Waals surface area (Å²) in [6.07, 6.45) is 17.6. The summed E-state index contributed by atoms with van der Waals surface area (Å²) in [5.41, 5.74) is 9.83. The predicted octanol–water partition coefficient (Wildman–Crippen LogP) is 14.9. The van der Waals surface area contributed by atoms with E-state index in [-0.39, 0.29) is 0 Å². The highest BCUT2D eigenvalue weighted by atomic mass is 16.5. The number of methoxy groups -OCH3 is 1. The van der Waals surface area contributed by atoms with Gasteiger partial charge in [-0.1, -0.05) is 180 Å². The fourth-order valence-corrected chi connectivity index (χ4v) is 6.73. The number of para-hydroxylation sites is 1. The molecule has 284 valence electrons. The fraction of sp³-hybridized carbons (Fsp3) is 0.208. The highest BCUT2D eigenvalue weighted by Crippen LogP contribution is 2.36. The number of rotatable bonds is 18. The van der Waals surface area contributed by atoms with Gasteiger partial charge in [-0.05, 0) is 89.0 Å². The van der Waals surface area contributed by atoms with E-state index >= 15 is 0 Å². The van der Waals surface area contributed by atoms with Gasteiger partial charge < -0.3 is 14.4 Å². The molecule has 1 atom stereocenters. The third-order valence-electron chi connectivity index (χ3n) is 10.0. The van der Waals surface area contributed by atoms with Crippen LogP contribution in [0.4, 0.5) is 17.1 Å². The number of hydrogen-bond donors (Lipinski definition) is 0. The Morgan fingerprint density at radius 3 is 1.39 bits per heavy atom. The highest BCUT2D eigenvalue weighted by molar-refractivity contribution is 5.81. The lowest BCUT2D eigenvalue weighted by Gasteiger charge is -2.25. The number of ether oxygens (including phenoxy) is 2. The van der Waals surface area contributed by atoms with Gasteiger partial charge in [0.1, 0.15) is 11.5 Å². The molecule has 0 bridgehead atoms. The molecular formula is C53H55NO2. The first-order valence-corrected chi connectivity index (χ1v) is 20.0. The molecule has 6 aromatic rings. The van der Waals surface area contributed by atoms with Crippen LogP contribution in [0.1, 0.15) is 79.8 Å². The van der Waals surface area contributed by atoms with Crippen LogP contribution in [0.15, 0.2) is 152 Å². The Labute approximate surface area is 335 Å². The van der Waals surface area contributed by atoms with Crippen molar-refractivity contribution in [3.8, 4) is 11.5 Å². The first-order valence-electron chi connectivity index (χ1n) is 20.0. The topological polar surface area (TPSA) is 21.7 Å². The zero-order valence-corrected chi connectivity index (χ0v) is 33.4. The Balaban J connectivity index is 1.21. The lowest BCUT2D eigenvalue weighted by Crippen LogP contribution is -2.09. The van der Waals surface area contributed by atoms with Crippen LogP contribution in [0.25, 0.3) is 36.5 Å². The van der Waals surface area contributed by atoms with Crippen molar-refractivity contribution >= 4 is 53.5 Å². The summed E-state index contributed by atoms with van der Waals surface area (Å²) in [5.74, 6) is 3.04. The minimum atomic E-state index is 0.622. The van der Waals surface area contributed by atoms with Gasteiger partial charge in [0.15, 0.2) is 0 Å². The van der Waals surface area contributed by atoms with E-state index in [9.17, 15) is 0 Å². The molecule has 0 amide bonds. The van der Waals surface area contributed by atoms with Gasteiger partial charge in [0.2, 0.25) is 0 Å². The third-order valence-corrected chi connectivity index (χ3v) is 10.0. The number of benzene rings is 6. The van der Waals surface area contributed by atoms with E-state index in [1.165, 1.54) is 24.8 Å². The molecule has 0 saturated carbocycles. The molecule has 0 spiro atoms. The number of nitrogens with zero attached hydrogens (tertiary/aromatic N) is 1. The van der Waals surface area contributed by atoms with Gasteiger partial charge in [0.25, 0.3) is 0 Å². The minimum Gasteiger partial charge on any atom is -0.496 e. The molecule has 3 heteroatoms. The van der Waals surface area contributed by atoms with Crippen LogP contribution < -0.4 is 14.4 Å². The van der Waals surface area contributed by atoms with Gasteiger partial charge in [0.05, 0.1) is 13.7 Å². The second kappa shape index (κ2) is 20.6. The zero-order valence-electron chi connectivity index (χ0n) is 33.4. The molecule has 0 radical (unpaired) electrons. The number of anilines is 3. The average molecular weight is 738 g/mol. The first kappa shape index (κ1) is 39.6. The second-order valence-corrected chi connectivity index (χ2v) is 14.9. The Bertz CT molecular complexity index is 2150. The quantitative estimate of drug-likeness (QED) is 0.0820. The SMILES string of the molecule is COc1cc(C=Cc2ccccc2)c(OCCC(C)CCCC(C)C)cc1C=Cc1ccc(N(c2ccccc2)c2ccc(C=Cc3ccccc3)cc2)cc1. The Morgan fingerprint density at radius 1 is 0.464 bits per heavy atom. The monoisotopic (exact) mass is 737 g/mol. The standard InChI is InChI=1S/C53H55NO2/c1-41(2)15-14-16-42(3)37-38-56-53-40-47(52(55-4)39-48(53)32-25-44-19-10-6-11-20-44)31-26-46-29-35-51(36-30-46)54(49-21-12-7-13-22-49)50-33-27-45(28-34-50)24-23-43-17-8-5-9-18-43/h5-13,17-36,39-42H,14-16,37-38H2,1-4H3. The van der Waals surface area contributed by atoms with Crippen LogP contribution in [-0.2, 0) is 0 Å². The van der Waals surface area contributed by atoms with Crippen LogP contribution in [0, 0.1) is 11.8 Å². The summed E-state index contributed by atoms with van der Waals surface area (Å²) in [6, 6.07) is 52.9. The van der Waals surface area contributed by atoms with E-state index in [0.29, 0.717) is 12.5 Å². The molecule has 0 heterocycles. The molecule has 1 unspecified atom stereocenters. The lowest BCUT2D eigenvalue weighted by molar-refractivity contribution is 0.275. The summed E-state index contributed by atoms with van der Waals surface area (Å²) in [5, 5.41) is 0. The lowest BCUT2D eigenvalue weighted by atomic mass is 9.97. The molecule has 0 aromatic heterocycles. The molecule has 0 N–H and O–H groups in total. The fourth-order valence-electron chi connectivity index (χ4n) is 6.73. The van der Waals surface area contributed by atoms with E-state index < -0.39 is 0 Å². The average Bonchev–Trinajstić information content (AvgIpc) is 3.23. The van der Waals surface area contributed by atoms with Crippen LogP contribution in [-0.4, -0.2) is 13.7 Å². The summed E-state index contributed by atoms with van der Waals surface area (Å²) in [6.45, 7) is 7.62. The van der Waals surface area contributed by atoms with E-state index in [1.54, 1.807) is 7.11 Å². The van der Waals surface area contributed by atoms with Crippen molar-refractivity contribution in [1.29, 1.82) is 0 Å². The summed E-state index contributed by atoms with van der Waals surface area (Å²) in [7, 11) is 1.73. The van der Waals surface area contributed by atoms with Crippen molar-refractivity contribution in [2.24, 2.45) is 11.8 Å². The van der Waals surface area contributed by atoms with Crippen molar-refractivity contribution < 1.29 is 9.47 Å². The van der Waals surface area contributed by atoms with Crippen LogP contribution in [0.2, 0.25) is 0 Å². The maximum Gasteiger partial charge on any atom is 0.127 e. The first-order chi connectivity index (χ1) is 27.4. The molecule has 0 aliphatic rings. The maximum absolute atomic E-state index is 6.53. The van der Waals surface area contributed by atoms with Crippen LogP contribution in [0.3, 0.4) is 0 Å². The van der Waals surface area contributed by atoms with E-state index in [1.807, 2.05) is 12.1 Å². The van der Waals surface area contributed by atoms with Crippen molar-refractivity contribution in [1.82, 2.24) is 0 Å². The van der Waals surface area contributed by atoms with E-state index in [0.717, 1.165) is 68.7 Å². The molecule has 0 aliphatic carbocycles. The van der Waals surface area contributed by atoms with Crippen LogP contribution >= 0.6 is 0 Å². The molecule has 0 aliphatic heterocycles. The summed E-state index contributed by atoms with van der Waals surface area (Å²) < 4.78 is 12.5. The number of hydrogen-bond acceptors (Lipinski definition) is 3. The van der Waals surface area contributed by atoms with Crippen molar-refractivity contribution in [2.45, 2.75) is 46.5 Å². The smallest absolute Gasteiger partial charge is 0.127 e. The molecule has 6 rings (SSSR count). The van der Waals surface area contributed by atoms with Gasteiger partial charge in [-0.15, -0.1) is 0 Å². The molecule has 0 saturated heterocycles. The van der Waals surface area contributed by atoms with Crippen molar-refractivity contribution in [2.75, 3.05) is 18.6 Å².